The average molecular weight is 1120 g/mol. The molecule has 22 heteroatoms. The lowest BCUT2D eigenvalue weighted by atomic mass is 10.2. The van der Waals surface area contributed by atoms with Crippen LogP contribution in [0.15, 0.2) is 153 Å². The van der Waals surface area contributed by atoms with Crippen LogP contribution < -0.4 is 58.8 Å². The van der Waals surface area contributed by atoms with Gasteiger partial charge >= 0.3 is 22.8 Å². The van der Waals surface area contributed by atoms with E-state index in [1.807, 2.05) is 66.7 Å². The SMILES string of the molecule is C.C1CCOC1.COc1ccc(Cn2c(NCc3cccnc3N)nc(=O)n(Cc3ccc(O)cc3)c2=O)cc1.COc1ccc(Cn2c(NCc3cccnc3N)nc(=O)n(Cc3ccc(O[Si](C)(C)C(C)(C)C)cc3)c2=O)cc1. The number of phenolic OH excluding ortho intramolecular Hbond substituents is 1. The Labute approximate surface area is 472 Å². The Kier molecular flexibility index (Phi) is 21.3. The van der Waals surface area contributed by atoms with E-state index >= 15 is 0 Å². The molecule has 1 saturated heterocycles. The zero-order valence-electron chi connectivity index (χ0n) is 46.2. The second-order valence-corrected chi connectivity index (χ2v) is 25.1. The fourth-order valence-corrected chi connectivity index (χ4v) is 8.88. The van der Waals surface area contributed by atoms with Crippen LogP contribution in [-0.2, 0) is 44.0 Å². The van der Waals surface area contributed by atoms with Crippen LogP contribution in [0.2, 0.25) is 18.1 Å². The number of nitrogen functional groups attached to an aromatic ring is 2. The first-order valence-corrected chi connectivity index (χ1v) is 28.9. The molecule has 21 nitrogen and oxygen atoms in total. The van der Waals surface area contributed by atoms with E-state index in [1.54, 1.807) is 69.1 Å². The van der Waals surface area contributed by atoms with Gasteiger partial charge in [-0.1, -0.05) is 88.9 Å². The number of rotatable bonds is 18. The van der Waals surface area contributed by atoms with Crippen molar-refractivity contribution in [2.75, 3.05) is 49.5 Å². The molecule has 0 spiro atoms. The lowest BCUT2D eigenvalue weighted by molar-refractivity contribution is 0.198. The minimum absolute atomic E-state index is 0. The van der Waals surface area contributed by atoms with Crippen molar-refractivity contribution in [3.8, 4) is 23.0 Å². The molecule has 8 aromatic rings. The van der Waals surface area contributed by atoms with Crippen LogP contribution in [0.5, 0.6) is 23.0 Å². The van der Waals surface area contributed by atoms with Crippen molar-refractivity contribution in [3.05, 3.63) is 209 Å². The summed E-state index contributed by atoms with van der Waals surface area (Å²) >= 11 is 0. The standard InChI is InChI=1S/C30H38N6O4Si.C24H24N6O4.C4H8O.CH4/c1-30(2,3)41(5,6)40-25-15-11-22(12-16-25)20-36-28(37)34-27(33-18-23-8-7-17-32-26(23)31)35(29(36)38)19-21-9-13-24(39-4)14-10-21;1-34-20-10-6-17(7-11-20)14-29-22(27-13-18-3-2-12-26-21(18)25)28-23(32)30(24(29)33)15-16-4-8-19(31)9-5-16;1-2-4-5-3-1;/h7-17H,18-20H2,1-6H3,(H2,31,32)(H,33,34,37);2-12,31H,13-15H2,1H3,(H2,25,26)(H,27,28,32);1-4H2;1H4. The number of benzene rings is 4. The molecule has 1 aliphatic rings. The molecular weight excluding hydrogens is 1050 g/mol. The minimum atomic E-state index is -1.99. The van der Waals surface area contributed by atoms with Crippen molar-refractivity contribution >= 4 is 31.8 Å². The minimum Gasteiger partial charge on any atom is -0.544 e. The summed E-state index contributed by atoms with van der Waals surface area (Å²) in [6.45, 7) is 13.9. The van der Waals surface area contributed by atoms with Gasteiger partial charge in [-0.05, 0) is 114 Å². The highest BCUT2D eigenvalue weighted by molar-refractivity contribution is 6.74. The topological polar surface area (TPSA) is 273 Å². The Morgan fingerprint density at radius 3 is 1.26 bits per heavy atom. The molecule has 7 N–H and O–H groups in total. The van der Waals surface area contributed by atoms with E-state index in [0.29, 0.717) is 34.3 Å². The highest BCUT2D eigenvalue weighted by Gasteiger charge is 2.39. The maximum Gasteiger partial charge on any atom is 0.355 e. The highest BCUT2D eigenvalue weighted by atomic mass is 28.4. The molecule has 1 fully saturated rings. The molecule has 81 heavy (non-hydrogen) atoms. The molecular formula is C59H74N12O9Si. The lowest BCUT2D eigenvalue weighted by Gasteiger charge is -2.36. The van der Waals surface area contributed by atoms with Crippen molar-refractivity contribution in [2.45, 2.75) is 98.4 Å². The van der Waals surface area contributed by atoms with Gasteiger partial charge in [0.15, 0.2) is 0 Å². The number of nitrogens with two attached hydrogens (primary N) is 2. The molecule has 0 bridgehead atoms. The maximum absolute atomic E-state index is 13.8. The second-order valence-electron chi connectivity index (χ2n) is 20.3. The molecule has 0 saturated carbocycles. The van der Waals surface area contributed by atoms with Crippen LogP contribution in [0, 0.1) is 0 Å². The predicted molar refractivity (Wildman–Crippen MR) is 319 cm³/mol. The molecule has 4 aromatic carbocycles. The number of pyridine rings is 2. The summed E-state index contributed by atoms with van der Waals surface area (Å²) in [5.41, 5.74) is 14.1. The molecule has 4 aromatic heterocycles. The first kappa shape index (κ1) is 61.2. The number of ether oxygens (including phenoxy) is 3. The molecule has 0 unspecified atom stereocenters. The monoisotopic (exact) mass is 1120 g/mol. The summed E-state index contributed by atoms with van der Waals surface area (Å²) in [4.78, 5) is 69.6. The maximum atomic E-state index is 13.8. The van der Waals surface area contributed by atoms with Crippen molar-refractivity contribution in [1.29, 1.82) is 0 Å². The fourth-order valence-electron chi connectivity index (χ4n) is 7.85. The van der Waals surface area contributed by atoms with E-state index in [9.17, 15) is 24.3 Å². The molecule has 1 aliphatic heterocycles. The number of aromatic hydroxyl groups is 1. The number of methoxy groups -OCH3 is 2. The van der Waals surface area contributed by atoms with Crippen molar-refractivity contribution in [2.24, 2.45) is 0 Å². The predicted octanol–water partition coefficient (Wildman–Crippen LogP) is 7.72. The van der Waals surface area contributed by atoms with Crippen LogP contribution in [0.3, 0.4) is 0 Å². The van der Waals surface area contributed by atoms with Crippen molar-refractivity contribution in [3.63, 3.8) is 0 Å². The summed E-state index contributed by atoms with van der Waals surface area (Å²) < 4.78 is 26.8. The van der Waals surface area contributed by atoms with Crippen LogP contribution in [0.25, 0.3) is 0 Å². The number of hydrogen-bond donors (Lipinski definition) is 5. The Balaban J connectivity index is 0.000000240. The van der Waals surface area contributed by atoms with Crippen LogP contribution in [-0.4, -0.2) is 79.1 Å². The first-order chi connectivity index (χ1) is 38.3. The largest absolute Gasteiger partial charge is 0.544 e. The highest BCUT2D eigenvalue weighted by Crippen LogP contribution is 2.37. The lowest BCUT2D eigenvalue weighted by Crippen LogP contribution is -2.44. The number of aromatic nitrogens is 8. The van der Waals surface area contributed by atoms with Gasteiger partial charge in [0.05, 0.1) is 40.4 Å². The average Bonchev–Trinajstić information content (AvgIpc) is 4.19. The zero-order chi connectivity index (χ0) is 57.4. The quantitative estimate of drug-likeness (QED) is 0.0514. The normalized spacial score (nSPS) is 11.9. The molecule has 9 rings (SSSR count). The summed E-state index contributed by atoms with van der Waals surface area (Å²) in [5.74, 6) is 3.24. The number of phenols is 1. The number of hydrogen-bond acceptors (Lipinski definition) is 17. The molecule has 0 atom stereocenters. The fraction of sp³-hybridized carbons (Fsp3) is 0.322. The Bertz CT molecular complexity index is 3550. The van der Waals surface area contributed by atoms with Gasteiger partial charge in [-0.15, -0.1) is 0 Å². The number of anilines is 4. The smallest absolute Gasteiger partial charge is 0.355 e. The van der Waals surface area contributed by atoms with Gasteiger partial charge in [0.2, 0.25) is 20.2 Å². The third-order valence-electron chi connectivity index (χ3n) is 13.6. The van der Waals surface area contributed by atoms with Crippen molar-refractivity contribution < 1.29 is 23.7 Å². The molecule has 0 radical (unpaired) electrons. The van der Waals surface area contributed by atoms with Crippen LogP contribution in [0.4, 0.5) is 23.5 Å². The molecule has 0 aliphatic carbocycles. The Morgan fingerprint density at radius 1 is 0.568 bits per heavy atom. The number of nitrogens with one attached hydrogen (secondary N) is 2. The number of nitrogens with zero attached hydrogens (tertiary/aromatic N) is 8. The van der Waals surface area contributed by atoms with Gasteiger partial charge in [0, 0.05) is 49.8 Å². The summed E-state index contributed by atoms with van der Waals surface area (Å²) in [6.07, 6.45) is 5.74. The van der Waals surface area contributed by atoms with Crippen LogP contribution >= 0.6 is 0 Å². The Morgan fingerprint density at radius 2 is 0.926 bits per heavy atom. The van der Waals surface area contributed by atoms with Gasteiger partial charge in [-0.3, -0.25) is 9.13 Å². The summed E-state index contributed by atoms with van der Waals surface area (Å²) in [5, 5.41) is 15.7. The van der Waals surface area contributed by atoms with E-state index in [-0.39, 0.29) is 69.4 Å². The van der Waals surface area contributed by atoms with Gasteiger partial charge in [0.25, 0.3) is 0 Å². The third kappa shape index (κ3) is 16.8. The molecule has 0 amide bonds. The van der Waals surface area contributed by atoms with Gasteiger partial charge < -0.3 is 45.8 Å². The van der Waals surface area contributed by atoms with E-state index in [1.165, 1.54) is 34.1 Å². The third-order valence-corrected chi connectivity index (χ3v) is 17.9. The zero-order valence-corrected chi connectivity index (χ0v) is 47.2. The summed E-state index contributed by atoms with van der Waals surface area (Å²) in [7, 11) is 1.18. The molecule has 5 heterocycles. The van der Waals surface area contributed by atoms with Crippen LogP contribution in [0.1, 0.15) is 74.4 Å². The van der Waals surface area contributed by atoms with Crippen molar-refractivity contribution in [1.82, 2.24) is 38.2 Å². The summed E-state index contributed by atoms with van der Waals surface area (Å²) in [6, 6.07) is 35.6. The van der Waals surface area contributed by atoms with Gasteiger partial charge in [-0.2, -0.15) is 9.97 Å². The van der Waals surface area contributed by atoms with E-state index < -0.39 is 31.1 Å². The van der Waals surface area contributed by atoms with E-state index in [2.05, 4.69) is 64.4 Å². The van der Waals surface area contributed by atoms with Gasteiger partial charge in [0.1, 0.15) is 34.6 Å². The molecule has 428 valence electrons. The first-order valence-electron chi connectivity index (χ1n) is 26.0. The Hall–Kier alpha value is -9.02. The second kappa shape index (κ2) is 28.2. The van der Waals surface area contributed by atoms with Gasteiger partial charge in [-0.25, -0.2) is 38.3 Å². The van der Waals surface area contributed by atoms with E-state index in [0.717, 1.165) is 50.4 Å². The van der Waals surface area contributed by atoms with E-state index in [4.69, 9.17) is 30.1 Å².